The van der Waals surface area contributed by atoms with Gasteiger partial charge in [0.15, 0.2) is 0 Å². The van der Waals surface area contributed by atoms with Gasteiger partial charge in [0.1, 0.15) is 5.60 Å². The monoisotopic (exact) mass is 248 g/mol. The van der Waals surface area contributed by atoms with Gasteiger partial charge in [-0.3, -0.25) is 9.59 Å². The summed E-state index contributed by atoms with van der Waals surface area (Å²) in [4.78, 5) is 21.6. The minimum atomic E-state index is -0.804. The first kappa shape index (κ1) is 15.3. The summed E-state index contributed by atoms with van der Waals surface area (Å²) in [6, 6.07) is 0. The SMILES string of the molecule is CCC(C)(C)OC(=O)CCSCCC(=O)O. The van der Waals surface area contributed by atoms with Crippen molar-refractivity contribution in [3.63, 3.8) is 0 Å². The van der Waals surface area contributed by atoms with Crippen LogP contribution in [0.25, 0.3) is 0 Å². The van der Waals surface area contributed by atoms with Crippen LogP contribution in [0.2, 0.25) is 0 Å². The van der Waals surface area contributed by atoms with E-state index < -0.39 is 11.6 Å². The largest absolute Gasteiger partial charge is 0.481 e. The molecule has 5 heteroatoms. The summed E-state index contributed by atoms with van der Waals surface area (Å²) in [6.07, 6.45) is 1.26. The van der Waals surface area contributed by atoms with E-state index in [0.717, 1.165) is 6.42 Å². The van der Waals surface area contributed by atoms with Crippen LogP contribution in [0.1, 0.15) is 40.0 Å². The third-order valence-electron chi connectivity index (χ3n) is 2.15. The highest BCUT2D eigenvalue weighted by atomic mass is 32.2. The summed E-state index contributed by atoms with van der Waals surface area (Å²) in [5.41, 5.74) is -0.400. The molecule has 0 aromatic rings. The van der Waals surface area contributed by atoms with Crippen LogP contribution in [-0.4, -0.2) is 34.2 Å². The van der Waals surface area contributed by atoms with Crippen LogP contribution in [0.4, 0.5) is 0 Å². The lowest BCUT2D eigenvalue weighted by molar-refractivity contribution is -0.156. The smallest absolute Gasteiger partial charge is 0.307 e. The highest BCUT2D eigenvalue weighted by Gasteiger charge is 2.19. The Balaban J connectivity index is 3.55. The van der Waals surface area contributed by atoms with Crippen molar-refractivity contribution >= 4 is 23.7 Å². The van der Waals surface area contributed by atoms with Gasteiger partial charge in [-0.05, 0) is 20.3 Å². The van der Waals surface area contributed by atoms with Gasteiger partial charge in [-0.2, -0.15) is 11.8 Å². The Morgan fingerprint density at radius 2 is 1.81 bits per heavy atom. The zero-order valence-corrected chi connectivity index (χ0v) is 10.9. The molecule has 0 aliphatic carbocycles. The number of carbonyl (C=O) groups excluding carboxylic acids is 1. The summed E-state index contributed by atoms with van der Waals surface area (Å²) < 4.78 is 5.25. The van der Waals surface area contributed by atoms with Crippen molar-refractivity contribution in [3.8, 4) is 0 Å². The molecule has 0 amide bonds. The molecule has 0 aliphatic rings. The molecule has 0 saturated carbocycles. The predicted octanol–water partition coefficient (Wildman–Crippen LogP) is 2.32. The zero-order valence-electron chi connectivity index (χ0n) is 10.1. The molecule has 0 radical (unpaired) electrons. The fraction of sp³-hybridized carbons (Fsp3) is 0.818. The molecule has 0 rings (SSSR count). The Hall–Kier alpha value is -0.710. The quantitative estimate of drug-likeness (QED) is 0.527. The molecule has 94 valence electrons. The number of esters is 1. The Bertz CT molecular complexity index is 238. The maximum Gasteiger partial charge on any atom is 0.307 e. The number of rotatable bonds is 8. The number of hydrogen-bond acceptors (Lipinski definition) is 4. The van der Waals surface area contributed by atoms with E-state index in [4.69, 9.17) is 9.84 Å². The van der Waals surface area contributed by atoms with Crippen LogP contribution in [0.3, 0.4) is 0 Å². The van der Waals surface area contributed by atoms with Crippen molar-refractivity contribution < 1.29 is 19.4 Å². The van der Waals surface area contributed by atoms with Crippen molar-refractivity contribution in [3.05, 3.63) is 0 Å². The van der Waals surface area contributed by atoms with Crippen molar-refractivity contribution in [1.29, 1.82) is 0 Å². The number of carbonyl (C=O) groups is 2. The molecule has 0 atom stereocenters. The lowest BCUT2D eigenvalue weighted by Crippen LogP contribution is -2.27. The molecule has 0 bridgehead atoms. The lowest BCUT2D eigenvalue weighted by Gasteiger charge is -2.23. The second-order valence-electron chi connectivity index (χ2n) is 4.09. The molecular formula is C11H20O4S. The van der Waals surface area contributed by atoms with E-state index in [-0.39, 0.29) is 12.4 Å². The molecule has 0 aliphatic heterocycles. The van der Waals surface area contributed by atoms with Crippen LogP contribution in [0.15, 0.2) is 0 Å². The normalized spacial score (nSPS) is 11.2. The number of aliphatic carboxylic acids is 1. The van der Waals surface area contributed by atoms with Gasteiger partial charge >= 0.3 is 11.9 Å². The molecule has 0 heterocycles. The Morgan fingerprint density at radius 1 is 1.25 bits per heavy atom. The molecule has 0 unspecified atom stereocenters. The van der Waals surface area contributed by atoms with Crippen LogP contribution in [-0.2, 0) is 14.3 Å². The molecular weight excluding hydrogens is 228 g/mol. The number of hydrogen-bond donors (Lipinski definition) is 1. The van der Waals surface area contributed by atoms with Crippen molar-refractivity contribution in [2.45, 2.75) is 45.6 Å². The highest BCUT2D eigenvalue weighted by Crippen LogP contribution is 2.15. The van der Waals surface area contributed by atoms with Gasteiger partial charge in [0.25, 0.3) is 0 Å². The van der Waals surface area contributed by atoms with Crippen molar-refractivity contribution in [2.75, 3.05) is 11.5 Å². The van der Waals surface area contributed by atoms with E-state index >= 15 is 0 Å². The standard InChI is InChI=1S/C11H20O4S/c1-4-11(2,3)15-10(14)6-8-16-7-5-9(12)13/h4-8H2,1-3H3,(H,12,13). The van der Waals surface area contributed by atoms with Crippen LogP contribution >= 0.6 is 11.8 Å². The maximum absolute atomic E-state index is 11.4. The third kappa shape index (κ3) is 8.59. The molecule has 1 N–H and O–H groups in total. The first-order valence-electron chi connectivity index (χ1n) is 5.39. The molecule has 16 heavy (non-hydrogen) atoms. The van der Waals surface area contributed by atoms with Crippen LogP contribution < -0.4 is 0 Å². The second kappa shape index (κ2) is 7.54. The number of thioether (sulfide) groups is 1. The third-order valence-corrected chi connectivity index (χ3v) is 3.14. The fourth-order valence-corrected chi connectivity index (χ4v) is 1.68. The van der Waals surface area contributed by atoms with Crippen molar-refractivity contribution in [1.82, 2.24) is 0 Å². The van der Waals surface area contributed by atoms with Crippen LogP contribution in [0, 0.1) is 0 Å². The molecule has 0 aromatic heterocycles. The molecule has 0 saturated heterocycles. The highest BCUT2D eigenvalue weighted by molar-refractivity contribution is 7.99. The van der Waals surface area contributed by atoms with Gasteiger partial charge in [-0.1, -0.05) is 6.92 Å². The summed E-state index contributed by atoms with van der Waals surface area (Å²) in [5.74, 6) is 0.142. The van der Waals surface area contributed by atoms with Crippen molar-refractivity contribution in [2.24, 2.45) is 0 Å². The fourth-order valence-electron chi connectivity index (χ4n) is 0.848. The van der Waals surface area contributed by atoms with Gasteiger partial charge < -0.3 is 9.84 Å². The van der Waals surface area contributed by atoms with E-state index in [1.54, 1.807) is 0 Å². The van der Waals surface area contributed by atoms with Crippen LogP contribution in [0.5, 0.6) is 0 Å². The molecule has 4 nitrogen and oxygen atoms in total. The Labute approximate surface area is 101 Å². The van der Waals surface area contributed by atoms with E-state index in [2.05, 4.69) is 0 Å². The Kier molecular flexibility index (Phi) is 7.21. The van der Waals surface area contributed by atoms with Gasteiger partial charge in [-0.25, -0.2) is 0 Å². The predicted molar refractivity (Wildman–Crippen MR) is 64.7 cm³/mol. The van der Waals surface area contributed by atoms with E-state index in [1.807, 2.05) is 20.8 Å². The first-order valence-corrected chi connectivity index (χ1v) is 6.54. The minimum Gasteiger partial charge on any atom is -0.481 e. The number of carboxylic acids is 1. The maximum atomic E-state index is 11.4. The summed E-state index contributed by atoms with van der Waals surface area (Å²) in [7, 11) is 0. The second-order valence-corrected chi connectivity index (χ2v) is 5.32. The lowest BCUT2D eigenvalue weighted by atomic mass is 10.1. The zero-order chi connectivity index (χ0) is 12.6. The molecule has 0 spiro atoms. The number of ether oxygens (including phenoxy) is 1. The van der Waals surface area contributed by atoms with Gasteiger partial charge in [0, 0.05) is 11.5 Å². The van der Waals surface area contributed by atoms with Gasteiger partial charge in [-0.15, -0.1) is 0 Å². The number of carboxylic acid groups (broad SMARTS) is 1. The molecule has 0 fully saturated rings. The average molecular weight is 248 g/mol. The van der Waals surface area contributed by atoms with Gasteiger partial charge in [0.2, 0.25) is 0 Å². The average Bonchev–Trinajstić information content (AvgIpc) is 2.16. The summed E-state index contributed by atoms with van der Waals surface area (Å²) >= 11 is 1.46. The Morgan fingerprint density at radius 3 is 2.31 bits per heavy atom. The molecule has 0 aromatic carbocycles. The van der Waals surface area contributed by atoms with E-state index in [0.29, 0.717) is 17.9 Å². The summed E-state index contributed by atoms with van der Waals surface area (Å²) in [6.45, 7) is 5.72. The van der Waals surface area contributed by atoms with E-state index in [9.17, 15) is 9.59 Å². The minimum absolute atomic E-state index is 0.139. The summed E-state index contributed by atoms with van der Waals surface area (Å²) in [5, 5.41) is 8.40. The van der Waals surface area contributed by atoms with Gasteiger partial charge in [0.05, 0.1) is 12.8 Å². The topological polar surface area (TPSA) is 63.6 Å². The first-order chi connectivity index (χ1) is 7.37. The van der Waals surface area contributed by atoms with E-state index in [1.165, 1.54) is 11.8 Å².